The van der Waals surface area contributed by atoms with Crippen molar-refractivity contribution in [1.29, 1.82) is 0 Å². The minimum absolute atomic E-state index is 0.244. The van der Waals surface area contributed by atoms with Crippen molar-refractivity contribution in [3.8, 4) is 11.3 Å². The Morgan fingerprint density at radius 1 is 0.917 bits per heavy atom. The highest BCUT2D eigenvalue weighted by molar-refractivity contribution is 6.08. The molecule has 4 aromatic rings. The molecule has 0 saturated heterocycles. The zero-order valence-corrected chi connectivity index (χ0v) is 14.2. The summed E-state index contributed by atoms with van der Waals surface area (Å²) in [7, 11) is 0. The van der Waals surface area contributed by atoms with Crippen LogP contribution in [-0.2, 0) is 6.42 Å². The molecule has 120 valence electrons. The van der Waals surface area contributed by atoms with Crippen LogP contribution in [0.25, 0.3) is 33.3 Å². The largest absolute Gasteiger partial charge is 0.437 e. The molecule has 0 amide bonds. The van der Waals surface area contributed by atoms with Gasteiger partial charge < -0.3 is 4.42 Å². The third-order valence-electron chi connectivity index (χ3n) is 4.11. The van der Waals surface area contributed by atoms with E-state index in [0.29, 0.717) is 5.71 Å². The van der Waals surface area contributed by atoms with Gasteiger partial charge in [0.05, 0.1) is 5.69 Å². The molecule has 0 aliphatic carbocycles. The second kappa shape index (κ2) is 5.45. The van der Waals surface area contributed by atoms with E-state index in [9.17, 15) is 0 Å². The molecule has 0 saturated carbocycles. The molecule has 0 radical (unpaired) electrons. The van der Waals surface area contributed by atoms with E-state index in [1.807, 2.05) is 18.3 Å². The van der Waals surface area contributed by atoms with Crippen molar-refractivity contribution < 1.29 is 4.42 Å². The molecule has 0 aliphatic rings. The summed E-state index contributed by atoms with van der Waals surface area (Å²) >= 11 is 0. The van der Waals surface area contributed by atoms with Crippen molar-refractivity contribution in [2.75, 3.05) is 0 Å². The molecule has 0 spiro atoms. The lowest BCUT2D eigenvalue weighted by Gasteiger charge is -2.18. The quantitative estimate of drug-likeness (QED) is 0.481. The average molecular weight is 316 g/mol. The predicted molar refractivity (Wildman–Crippen MR) is 97.9 cm³/mol. The fourth-order valence-corrected chi connectivity index (χ4v) is 3.18. The fraction of sp³-hybridized carbons (Fsp3) is 0.238. The number of fused-ring (bicyclic) bond motifs is 3. The number of hydrogen-bond acceptors (Lipinski definition) is 3. The smallest absolute Gasteiger partial charge is 0.227 e. The Hall–Kier alpha value is -2.68. The van der Waals surface area contributed by atoms with Gasteiger partial charge in [-0.2, -0.15) is 0 Å². The van der Waals surface area contributed by atoms with E-state index in [1.54, 1.807) is 6.20 Å². The van der Waals surface area contributed by atoms with Crippen LogP contribution < -0.4 is 0 Å². The second-order valence-electron chi connectivity index (χ2n) is 7.43. The third kappa shape index (κ3) is 2.67. The summed E-state index contributed by atoms with van der Waals surface area (Å²) in [4.78, 5) is 8.91. The van der Waals surface area contributed by atoms with Crippen LogP contribution in [0, 0.1) is 5.41 Å². The molecule has 1 aromatic carbocycles. The average Bonchev–Trinajstić information content (AvgIpc) is 2.92. The SMILES string of the molecule is CC(C)(C)Cc1ccnc(-c2cccc3c2oc2ncccc23)c1. The van der Waals surface area contributed by atoms with E-state index in [2.05, 4.69) is 61.1 Å². The van der Waals surface area contributed by atoms with Crippen molar-refractivity contribution in [2.45, 2.75) is 27.2 Å². The maximum absolute atomic E-state index is 6.03. The maximum atomic E-state index is 6.03. The Balaban J connectivity index is 1.89. The molecule has 0 fully saturated rings. The molecule has 3 aromatic heterocycles. The summed E-state index contributed by atoms with van der Waals surface area (Å²) < 4.78 is 6.03. The van der Waals surface area contributed by atoms with Crippen molar-refractivity contribution in [1.82, 2.24) is 9.97 Å². The van der Waals surface area contributed by atoms with Crippen LogP contribution >= 0.6 is 0 Å². The first kappa shape index (κ1) is 14.9. The van der Waals surface area contributed by atoms with Crippen LogP contribution in [0.15, 0.2) is 59.3 Å². The molecule has 0 bridgehead atoms. The van der Waals surface area contributed by atoms with Gasteiger partial charge in [0.2, 0.25) is 5.71 Å². The van der Waals surface area contributed by atoms with Crippen LogP contribution in [-0.4, -0.2) is 9.97 Å². The van der Waals surface area contributed by atoms with E-state index in [4.69, 9.17) is 4.42 Å². The van der Waals surface area contributed by atoms with E-state index >= 15 is 0 Å². The van der Waals surface area contributed by atoms with Crippen LogP contribution in [0.2, 0.25) is 0 Å². The molecule has 3 nitrogen and oxygen atoms in total. The Bertz CT molecular complexity index is 1020. The normalized spacial score (nSPS) is 12.1. The van der Waals surface area contributed by atoms with Gasteiger partial charge in [-0.15, -0.1) is 0 Å². The predicted octanol–water partition coefficient (Wildman–Crippen LogP) is 5.63. The van der Waals surface area contributed by atoms with Crippen molar-refractivity contribution in [3.05, 3.63) is 60.4 Å². The summed E-state index contributed by atoms with van der Waals surface area (Å²) in [6.45, 7) is 6.75. The second-order valence-corrected chi connectivity index (χ2v) is 7.43. The zero-order valence-electron chi connectivity index (χ0n) is 14.2. The molecule has 3 heterocycles. The molecule has 4 rings (SSSR count). The summed E-state index contributed by atoms with van der Waals surface area (Å²) in [5, 5.41) is 2.12. The Morgan fingerprint density at radius 3 is 2.58 bits per heavy atom. The minimum Gasteiger partial charge on any atom is -0.437 e. The molecule has 3 heteroatoms. The summed E-state index contributed by atoms with van der Waals surface area (Å²) in [6, 6.07) is 14.4. The van der Waals surface area contributed by atoms with Gasteiger partial charge in [0.25, 0.3) is 0 Å². The van der Waals surface area contributed by atoms with Crippen molar-refractivity contribution in [3.63, 3.8) is 0 Å². The first-order valence-electron chi connectivity index (χ1n) is 8.23. The minimum atomic E-state index is 0.244. The molecule has 0 N–H and O–H groups in total. The summed E-state index contributed by atoms with van der Waals surface area (Å²) in [5.41, 5.74) is 5.02. The summed E-state index contributed by atoms with van der Waals surface area (Å²) in [5.74, 6) is 0. The molecular formula is C21H20N2O. The van der Waals surface area contributed by atoms with E-state index in [0.717, 1.165) is 34.0 Å². The Kier molecular flexibility index (Phi) is 3.38. The van der Waals surface area contributed by atoms with Gasteiger partial charge in [-0.05, 0) is 47.7 Å². The number of benzene rings is 1. The molecule has 0 atom stereocenters. The van der Waals surface area contributed by atoms with Gasteiger partial charge in [0.1, 0.15) is 5.58 Å². The zero-order chi connectivity index (χ0) is 16.7. The first-order valence-corrected chi connectivity index (χ1v) is 8.23. The standard InChI is InChI=1S/C21H20N2O/c1-21(2,3)13-14-9-11-22-18(12-14)17-7-4-6-15-16-8-5-10-23-20(16)24-19(15)17/h4-12H,13H2,1-3H3. The van der Waals surface area contributed by atoms with Crippen molar-refractivity contribution >= 4 is 22.1 Å². The van der Waals surface area contributed by atoms with E-state index in [1.165, 1.54) is 5.56 Å². The van der Waals surface area contributed by atoms with Gasteiger partial charge >= 0.3 is 0 Å². The van der Waals surface area contributed by atoms with E-state index < -0.39 is 0 Å². The number of furan rings is 1. The maximum Gasteiger partial charge on any atom is 0.227 e. The lowest BCUT2D eigenvalue weighted by Crippen LogP contribution is -2.09. The Morgan fingerprint density at radius 2 is 1.75 bits per heavy atom. The Labute approximate surface area is 141 Å². The lowest BCUT2D eigenvalue weighted by molar-refractivity contribution is 0.411. The van der Waals surface area contributed by atoms with Crippen LogP contribution in [0.5, 0.6) is 0 Å². The van der Waals surface area contributed by atoms with Gasteiger partial charge in [0, 0.05) is 28.7 Å². The number of pyridine rings is 2. The van der Waals surface area contributed by atoms with Gasteiger partial charge in [-0.1, -0.05) is 32.9 Å². The number of rotatable bonds is 2. The highest BCUT2D eigenvalue weighted by Crippen LogP contribution is 2.34. The van der Waals surface area contributed by atoms with Gasteiger partial charge in [-0.3, -0.25) is 4.98 Å². The van der Waals surface area contributed by atoms with Crippen molar-refractivity contribution in [2.24, 2.45) is 5.41 Å². The number of para-hydroxylation sites is 1. The van der Waals surface area contributed by atoms with E-state index in [-0.39, 0.29) is 5.41 Å². The van der Waals surface area contributed by atoms with Gasteiger partial charge in [0.15, 0.2) is 0 Å². The third-order valence-corrected chi connectivity index (χ3v) is 4.11. The first-order chi connectivity index (χ1) is 11.5. The number of aromatic nitrogens is 2. The molecular weight excluding hydrogens is 296 g/mol. The van der Waals surface area contributed by atoms with Crippen LogP contribution in [0.3, 0.4) is 0 Å². The lowest BCUT2D eigenvalue weighted by atomic mass is 9.88. The topological polar surface area (TPSA) is 38.9 Å². The van der Waals surface area contributed by atoms with Crippen LogP contribution in [0.1, 0.15) is 26.3 Å². The monoisotopic (exact) mass is 316 g/mol. The molecule has 0 aliphatic heterocycles. The summed E-state index contributed by atoms with van der Waals surface area (Å²) in [6.07, 6.45) is 4.66. The highest BCUT2D eigenvalue weighted by atomic mass is 16.3. The fourth-order valence-electron chi connectivity index (χ4n) is 3.18. The van der Waals surface area contributed by atoms with Crippen LogP contribution in [0.4, 0.5) is 0 Å². The molecule has 0 unspecified atom stereocenters. The number of hydrogen-bond donors (Lipinski definition) is 0. The number of nitrogens with zero attached hydrogens (tertiary/aromatic N) is 2. The highest BCUT2D eigenvalue weighted by Gasteiger charge is 2.15. The van der Waals surface area contributed by atoms with Gasteiger partial charge in [-0.25, -0.2) is 4.98 Å². The molecule has 24 heavy (non-hydrogen) atoms.